The highest BCUT2D eigenvalue weighted by molar-refractivity contribution is 6.15. The summed E-state index contributed by atoms with van der Waals surface area (Å²) in [5, 5.41) is 5.86. The average molecular weight is 970 g/mol. The summed E-state index contributed by atoms with van der Waals surface area (Å²) in [6, 6.07) is 84.0. The maximum Gasteiger partial charge on any atom is 0.167 e. The van der Waals surface area contributed by atoms with Crippen LogP contribution in [0.25, 0.3) is 144 Å². The highest BCUT2D eigenvalue weighted by atomic mass is 16.3. The second kappa shape index (κ2) is 15.4. The molecule has 0 saturated carbocycles. The van der Waals surface area contributed by atoms with E-state index in [2.05, 4.69) is 164 Å². The van der Waals surface area contributed by atoms with Gasteiger partial charge in [-0.3, -0.25) is 0 Å². The van der Waals surface area contributed by atoms with Crippen LogP contribution in [0.15, 0.2) is 250 Å². The van der Waals surface area contributed by atoms with Crippen LogP contribution >= 0.6 is 0 Å². The lowest BCUT2D eigenvalue weighted by molar-refractivity contribution is 0.668. The Bertz CT molecular complexity index is 4930. The summed E-state index contributed by atoms with van der Waals surface area (Å²) in [5.74, 6) is 1.54. The van der Waals surface area contributed by atoms with Crippen LogP contribution in [0.1, 0.15) is 22.3 Å². The van der Waals surface area contributed by atoms with E-state index in [0.717, 1.165) is 99.2 Å². The Kier molecular flexibility index (Phi) is 8.39. The summed E-state index contributed by atoms with van der Waals surface area (Å²) in [6.07, 6.45) is 0. The summed E-state index contributed by atoms with van der Waals surface area (Å²) in [4.78, 5) is 16.0. The summed E-state index contributed by atoms with van der Waals surface area (Å²) in [5.41, 5.74) is 21.7. The third-order valence-electron chi connectivity index (χ3n) is 16.2. The second-order valence-electron chi connectivity index (χ2n) is 20.1. The molecule has 6 nitrogen and oxygen atoms in total. The first-order valence-electron chi connectivity index (χ1n) is 25.7. The van der Waals surface area contributed by atoms with Crippen molar-refractivity contribution in [3.05, 3.63) is 259 Å². The summed E-state index contributed by atoms with van der Waals surface area (Å²) in [6.45, 7) is 0. The van der Waals surface area contributed by atoms with E-state index < -0.39 is 0 Å². The van der Waals surface area contributed by atoms with Gasteiger partial charge in [0.2, 0.25) is 0 Å². The quantitative estimate of drug-likeness (QED) is 0.171. The van der Waals surface area contributed by atoms with Crippen LogP contribution in [0, 0.1) is 0 Å². The normalized spacial score (nSPS) is 13.1. The first-order chi connectivity index (χ1) is 37.7. The number of rotatable bonds is 5. The summed E-state index contributed by atoms with van der Waals surface area (Å²) in [7, 11) is 0. The fourth-order valence-electron chi connectivity index (χ4n) is 13.0. The molecule has 0 unspecified atom stereocenters. The van der Waals surface area contributed by atoms with E-state index in [9.17, 15) is 0 Å². The van der Waals surface area contributed by atoms with Crippen molar-refractivity contribution in [3.8, 4) is 78.7 Å². The van der Waals surface area contributed by atoms with Gasteiger partial charge >= 0.3 is 0 Å². The van der Waals surface area contributed by atoms with E-state index in [-0.39, 0.29) is 5.41 Å². The minimum absolute atomic E-state index is 0.378. The highest BCUT2D eigenvalue weighted by Gasteiger charge is 2.51. The molecule has 0 N–H and O–H groups in total. The lowest BCUT2D eigenvalue weighted by atomic mass is 9.70. The van der Waals surface area contributed by atoms with Crippen molar-refractivity contribution in [2.75, 3.05) is 0 Å². The van der Waals surface area contributed by atoms with E-state index in [1.807, 2.05) is 72.8 Å². The molecule has 4 heterocycles. The Hall–Kier alpha value is -10.2. The van der Waals surface area contributed by atoms with Crippen LogP contribution in [0.5, 0.6) is 0 Å². The van der Waals surface area contributed by atoms with Gasteiger partial charge in [0, 0.05) is 43.4 Å². The first-order valence-corrected chi connectivity index (χ1v) is 25.7. The molecule has 0 aliphatic heterocycles. The van der Waals surface area contributed by atoms with Gasteiger partial charge in [0.25, 0.3) is 0 Å². The molecular formula is C70H39N3O3. The predicted molar refractivity (Wildman–Crippen MR) is 305 cm³/mol. The average Bonchev–Trinajstić information content (AvgIpc) is 4.44. The van der Waals surface area contributed by atoms with Gasteiger partial charge in [-0.15, -0.1) is 0 Å². The number of hydrogen-bond donors (Lipinski definition) is 0. The van der Waals surface area contributed by atoms with Gasteiger partial charge in [-0.1, -0.05) is 182 Å². The van der Waals surface area contributed by atoms with Crippen molar-refractivity contribution in [1.29, 1.82) is 0 Å². The lowest BCUT2D eigenvalue weighted by Gasteiger charge is -2.30. The molecule has 6 heteroatoms. The van der Waals surface area contributed by atoms with Crippen LogP contribution in [0.2, 0.25) is 0 Å². The smallest absolute Gasteiger partial charge is 0.167 e. The molecule has 0 amide bonds. The minimum Gasteiger partial charge on any atom is -0.456 e. The second-order valence-corrected chi connectivity index (χ2v) is 20.1. The number of furan rings is 3. The van der Waals surface area contributed by atoms with E-state index in [1.165, 1.54) is 50.1 Å². The van der Waals surface area contributed by atoms with E-state index in [0.29, 0.717) is 17.5 Å². The molecule has 76 heavy (non-hydrogen) atoms. The number of fused-ring (bicyclic) bond motifs is 19. The number of para-hydroxylation sites is 3. The molecule has 352 valence electrons. The predicted octanol–water partition coefficient (Wildman–Crippen LogP) is 18.2. The maximum absolute atomic E-state index is 6.67. The molecule has 17 rings (SSSR count). The van der Waals surface area contributed by atoms with Crippen molar-refractivity contribution in [2.45, 2.75) is 5.41 Å². The topological polar surface area (TPSA) is 78.1 Å². The Labute approximate surface area is 434 Å². The van der Waals surface area contributed by atoms with E-state index in [4.69, 9.17) is 28.2 Å². The lowest BCUT2D eigenvalue weighted by Crippen LogP contribution is -2.25. The third-order valence-corrected chi connectivity index (χ3v) is 16.2. The van der Waals surface area contributed by atoms with Crippen molar-refractivity contribution in [3.63, 3.8) is 0 Å². The third kappa shape index (κ3) is 5.67. The first kappa shape index (κ1) is 41.3. The van der Waals surface area contributed by atoms with Gasteiger partial charge in [-0.05, 0) is 121 Å². The van der Waals surface area contributed by atoms with Crippen LogP contribution < -0.4 is 0 Å². The van der Waals surface area contributed by atoms with Crippen molar-refractivity contribution < 1.29 is 13.3 Å². The van der Waals surface area contributed by atoms with Gasteiger partial charge in [-0.25, -0.2) is 15.0 Å². The molecule has 1 spiro atoms. The summed E-state index contributed by atoms with van der Waals surface area (Å²) < 4.78 is 19.7. The number of nitrogens with zero attached hydrogens (tertiary/aromatic N) is 3. The Morgan fingerprint density at radius 2 is 0.671 bits per heavy atom. The Morgan fingerprint density at radius 3 is 1.34 bits per heavy atom. The van der Waals surface area contributed by atoms with Crippen molar-refractivity contribution >= 4 is 65.8 Å². The molecule has 2 aliphatic carbocycles. The largest absolute Gasteiger partial charge is 0.456 e. The molecule has 0 atom stereocenters. The van der Waals surface area contributed by atoms with Gasteiger partial charge in [-0.2, -0.15) is 0 Å². The van der Waals surface area contributed by atoms with Crippen molar-refractivity contribution in [2.24, 2.45) is 0 Å². The van der Waals surface area contributed by atoms with Crippen molar-refractivity contribution in [1.82, 2.24) is 15.0 Å². The van der Waals surface area contributed by atoms with Gasteiger partial charge in [0.15, 0.2) is 17.5 Å². The van der Waals surface area contributed by atoms with Gasteiger partial charge in [0.1, 0.15) is 33.5 Å². The molecule has 0 saturated heterocycles. The van der Waals surface area contributed by atoms with E-state index in [1.54, 1.807) is 0 Å². The van der Waals surface area contributed by atoms with Gasteiger partial charge < -0.3 is 13.3 Å². The molecule has 4 aromatic heterocycles. The van der Waals surface area contributed by atoms with Gasteiger partial charge in [0.05, 0.1) is 11.0 Å². The highest BCUT2D eigenvalue weighted by Crippen LogP contribution is 2.63. The standard InChI is InChI=1S/C70H39N3O3/c1-6-26-55-44(17-1)45-18-2-7-27-56(45)70(55)57-28-8-3-19-46(57)53-38-42(33-35-58(53)70)40-15-11-16-41(37-40)43-34-36-61-54(39-43)65-51(24-14-32-63(65)75-61)68-71-67(50-23-13-31-62-64(50)49-21-5-10-30-60(49)74-62)72-69(73-68)52-25-12-22-48-47-20-4-9-29-59(47)76-66(48)52/h1-39H. The number of benzene rings is 11. The number of hydrogen-bond acceptors (Lipinski definition) is 6. The fraction of sp³-hybridized carbons (Fsp3) is 0.0143. The van der Waals surface area contributed by atoms with Crippen LogP contribution in [0.3, 0.4) is 0 Å². The molecule has 15 aromatic rings. The van der Waals surface area contributed by atoms with Crippen LogP contribution in [-0.2, 0) is 5.41 Å². The molecule has 0 bridgehead atoms. The molecule has 11 aromatic carbocycles. The molecule has 0 radical (unpaired) electrons. The van der Waals surface area contributed by atoms with Crippen LogP contribution in [-0.4, -0.2) is 15.0 Å². The zero-order valence-corrected chi connectivity index (χ0v) is 40.6. The Balaban J connectivity index is 0.820. The molecule has 2 aliphatic rings. The SMILES string of the molecule is c1cc(-c2ccc3c(c2)-c2ccccc2C32c3ccccc3-c3ccccc32)cc(-c2ccc3oc4cccc(-c5nc(-c6cccc7c6oc6ccccc67)nc(-c6cccc7oc8ccccc8c67)n5)c4c3c2)c1. The minimum atomic E-state index is -0.378. The maximum atomic E-state index is 6.67. The molecular weight excluding hydrogens is 931 g/mol. The Morgan fingerprint density at radius 1 is 0.250 bits per heavy atom. The monoisotopic (exact) mass is 969 g/mol. The van der Waals surface area contributed by atoms with E-state index >= 15 is 0 Å². The number of aromatic nitrogens is 3. The molecule has 0 fully saturated rings. The zero-order valence-electron chi connectivity index (χ0n) is 40.6. The zero-order chi connectivity index (χ0) is 49.6. The summed E-state index contributed by atoms with van der Waals surface area (Å²) >= 11 is 0. The fourth-order valence-corrected chi connectivity index (χ4v) is 13.0. The van der Waals surface area contributed by atoms with Crippen LogP contribution in [0.4, 0.5) is 0 Å².